The van der Waals surface area contributed by atoms with Gasteiger partial charge in [-0.25, -0.2) is 0 Å². The van der Waals surface area contributed by atoms with Crippen LogP contribution in [0, 0.1) is 11.3 Å². The smallest absolute Gasteiger partial charge is 0.161 e. The van der Waals surface area contributed by atoms with E-state index in [2.05, 4.69) is 45.1 Å². The third-order valence-electron chi connectivity index (χ3n) is 9.01. The summed E-state index contributed by atoms with van der Waals surface area (Å²) >= 11 is 0. The van der Waals surface area contributed by atoms with Crippen molar-refractivity contribution >= 4 is 11.6 Å². The van der Waals surface area contributed by atoms with Crippen molar-refractivity contribution in [3.63, 3.8) is 0 Å². The molecule has 1 heterocycles. The highest BCUT2D eigenvalue weighted by molar-refractivity contribution is 5.95. The van der Waals surface area contributed by atoms with Crippen molar-refractivity contribution < 1.29 is 24.5 Å². The molecule has 246 valence electrons. The summed E-state index contributed by atoms with van der Waals surface area (Å²) < 4.78 is 6.15. The zero-order chi connectivity index (χ0) is 33.9. The Bertz CT molecular complexity index is 1360. The monoisotopic (exact) mass is 616 g/mol. The number of carbonyl (C=O) groups is 2. The molecule has 2 rings (SSSR count). The van der Waals surface area contributed by atoms with E-state index in [1.807, 2.05) is 90.2 Å². The van der Waals surface area contributed by atoms with Crippen molar-refractivity contribution in [1.82, 2.24) is 0 Å². The largest absolute Gasteiger partial charge is 0.390 e. The molecule has 0 saturated carbocycles. The molecule has 2 aliphatic rings. The Kier molecular flexibility index (Phi) is 14.4. The molecular formula is C40H56O5. The van der Waals surface area contributed by atoms with Gasteiger partial charge in [-0.05, 0) is 89.4 Å². The maximum absolute atomic E-state index is 12.9. The second-order valence-corrected chi connectivity index (χ2v) is 13.9. The van der Waals surface area contributed by atoms with Crippen LogP contribution in [0.2, 0.25) is 0 Å². The summed E-state index contributed by atoms with van der Waals surface area (Å²) in [5.41, 5.74) is 5.15. The first kappa shape index (κ1) is 38.1. The molecule has 2 N–H and O–H groups in total. The van der Waals surface area contributed by atoms with E-state index in [1.165, 1.54) is 0 Å². The average Bonchev–Trinajstić information content (AvgIpc) is 3.20. The fourth-order valence-electron chi connectivity index (χ4n) is 5.98. The molecule has 45 heavy (non-hydrogen) atoms. The summed E-state index contributed by atoms with van der Waals surface area (Å²) in [6.07, 6.45) is 24.5. The molecule has 0 amide bonds. The number of ether oxygens (including phenoxy) is 1. The fourth-order valence-corrected chi connectivity index (χ4v) is 5.98. The van der Waals surface area contributed by atoms with E-state index in [1.54, 1.807) is 6.92 Å². The van der Waals surface area contributed by atoms with E-state index in [0.29, 0.717) is 24.8 Å². The predicted molar refractivity (Wildman–Crippen MR) is 187 cm³/mol. The highest BCUT2D eigenvalue weighted by Gasteiger charge is 2.44. The van der Waals surface area contributed by atoms with E-state index in [-0.39, 0.29) is 29.0 Å². The molecule has 1 fully saturated rings. The lowest BCUT2D eigenvalue weighted by Crippen LogP contribution is -2.38. The number of aliphatic hydroxyl groups is 2. The van der Waals surface area contributed by atoms with Crippen molar-refractivity contribution in [3.8, 4) is 0 Å². The molecule has 1 saturated heterocycles. The van der Waals surface area contributed by atoms with Gasteiger partial charge in [-0.2, -0.15) is 0 Å². The summed E-state index contributed by atoms with van der Waals surface area (Å²) in [6, 6.07) is 0. The predicted octanol–water partition coefficient (Wildman–Crippen LogP) is 8.59. The minimum Gasteiger partial charge on any atom is -0.390 e. The first-order valence-electron chi connectivity index (χ1n) is 16.1. The van der Waals surface area contributed by atoms with Gasteiger partial charge in [0.2, 0.25) is 0 Å². The van der Waals surface area contributed by atoms with Gasteiger partial charge < -0.3 is 14.9 Å². The van der Waals surface area contributed by atoms with Crippen LogP contribution in [-0.4, -0.2) is 45.7 Å². The van der Waals surface area contributed by atoms with Crippen molar-refractivity contribution in [2.45, 2.75) is 119 Å². The van der Waals surface area contributed by atoms with Crippen LogP contribution in [0.15, 0.2) is 106 Å². The van der Waals surface area contributed by atoms with Crippen LogP contribution in [0.5, 0.6) is 0 Å². The number of hydrogen-bond donors (Lipinski definition) is 2. The number of carbonyl (C=O) groups excluding carboxylic acids is 2. The van der Waals surface area contributed by atoms with E-state index in [0.717, 1.165) is 34.3 Å². The maximum Gasteiger partial charge on any atom is 0.161 e. The Labute approximate surface area is 272 Å². The Morgan fingerprint density at radius 2 is 1.38 bits per heavy atom. The van der Waals surface area contributed by atoms with E-state index < -0.39 is 17.8 Å². The summed E-state index contributed by atoms with van der Waals surface area (Å²) in [5.74, 6) is 0.402. The number of allylic oxidation sites excluding steroid dienone is 17. The zero-order valence-electron chi connectivity index (χ0n) is 29.2. The molecule has 0 radical (unpaired) electrons. The van der Waals surface area contributed by atoms with Crippen LogP contribution >= 0.6 is 0 Å². The second kappa shape index (κ2) is 17.0. The minimum atomic E-state index is -0.807. The van der Waals surface area contributed by atoms with Gasteiger partial charge >= 0.3 is 0 Å². The van der Waals surface area contributed by atoms with Crippen LogP contribution in [0.1, 0.15) is 94.9 Å². The van der Waals surface area contributed by atoms with Gasteiger partial charge in [-0.15, -0.1) is 0 Å². The van der Waals surface area contributed by atoms with E-state index >= 15 is 0 Å². The number of ketones is 2. The van der Waals surface area contributed by atoms with Gasteiger partial charge in [0, 0.05) is 12.8 Å². The van der Waals surface area contributed by atoms with Gasteiger partial charge in [-0.1, -0.05) is 110 Å². The van der Waals surface area contributed by atoms with E-state index in [9.17, 15) is 19.8 Å². The highest BCUT2D eigenvalue weighted by atomic mass is 16.5. The lowest BCUT2D eigenvalue weighted by Gasteiger charge is -2.38. The molecule has 0 bridgehead atoms. The quantitative estimate of drug-likeness (QED) is 0.160. The zero-order valence-corrected chi connectivity index (χ0v) is 29.2. The maximum atomic E-state index is 12.9. The fraction of sp³-hybridized carbons (Fsp3) is 0.500. The van der Waals surface area contributed by atoms with Gasteiger partial charge in [0.1, 0.15) is 11.9 Å². The summed E-state index contributed by atoms with van der Waals surface area (Å²) in [7, 11) is 0. The Morgan fingerprint density at radius 1 is 0.844 bits per heavy atom. The van der Waals surface area contributed by atoms with Crippen molar-refractivity contribution in [2.75, 3.05) is 0 Å². The molecule has 0 spiro atoms. The third kappa shape index (κ3) is 12.0. The third-order valence-corrected chi connectivity index (χ3v) is 9.01. The SMILES string of the molecule is CC(=O)C[C@H]1C[C@@H](C)[C@](C)(CC(=O)/C(C)=C/C=C/C(C)=C/C=C/C=C(C)/C=C/C=C(C)/C=C/C2=C(C)[C@@H](O)[C@@H](O)CC2(C)C)O1. The summed E-state index contributed by atoms with van der Waals surface area (Å²) in [4.78, 5) is 24.4. The van der Waals surface area contributed by atoms with Gasteiger partial charge in [-0.3, -0.25) is 9.59 Å². The van der Waals surface area contributed by atoms with Crippen LogP contribution in [0.3, 0.4) is 0 Å². The van der Waals surface area contributed by atoms with Crippen LogP contribution < -0.4 is 0 Å². The van der Waals surface area contributed by atoms with Gasteiger partial charge in [0.05, 0.1) is 17.8 Å². The van der Waals surface area contributed by atoms with Crippen molar-refractivity contribution in [1.29, 1.82) is 0 Å². The van der Waals surface area contributed by atoms with Crippen molar-refractivity contribution in [2.24, 2.45) is 11.3 Å². The molecule has 5 heteroatoms. The molecule has 1 aliphatic heterocycles. The van der Waals surface area contributed by atoms with Crippen LogP contribution in [0.25, 0.3) is 0 Å². The van der Waals surface area contributed by atoms with Crippen LogP contribution in [-0.2, 0) is 14.3 Å². The van der Waals surface area contributed by atoms with Gasteiger partial charge in [0.25, 0.3) is 0 Å². The summed E-state index contributed by atoms with van der Waals surface area (Å²) in [5, 5.41) is 20.4. The lowest BCUT2D eigenvalue weighted by atomic mass is 9.70. The number of aliphatic hydroxyl groups excluding tert-OH is 2. The molecule has 0 aromatic heterocycles. The first-order chi connectivity index (χ1) is 20.9. The lowest BCUT2D eigenvalue weighted by molar-refractivity contribution is -0.126. The number of rotatable bonds is 13. The van der Waals surface area contributed by atoms with Crippen molar-refractivity contribution in [3.05, 3.63) is 106 Å². The second-order valence-electron chi connectivity index (χ2n) is 13.9. The normalized spacial score (nSPS) is 28.9. The molecule has 5 atom stereocenters. The molecule has 0 aromatic carbocycles. The first-order valence-corrected chi connectivity index (χ1v) is 16.1. The standard InChI is InChI=1S/C40H56O5/c1-27(17-13-18-29(3)21-22-35-33(7)38(44)37(43)25-39(35,8)9)15-11-12-16-28(2)19-14-20-30(4)36(42)26-40(10)31(5)23-34(45-40)24-32(6)41/h11-22,31,34,37-38,43-44H,23-26H2,1-10H3/b12-11+,17-13+,19-14+,22-21+,27-15+,28-16+,29-18+,30-20+/t31-,34-,37+,38-,40+/m1/s1. The molecule has 0 unspecified atom stereocenters. The Balaban J connectivity index is 1.90. The minimum absolute atomic E-state index is 0.0648. The number of hydrogen-bond acceptors (Lipinski definition) is 5. The Morgan fingerprint density at radius 3 is 1.96 bits per heavy atom. The highest BCUT2D eigenvalue weighted by Crippen LogP contribution is 2.41. The molecular weight excluding hydrogens is 560 g/mol. The average molecular weight is 617 g/mol. The Hall–Kier alpha value is -3.12. The molecule has 1 aliphatic carbocycles. The van der Waals surface area contributed by atoms with Crippen LogP contribution in [0.4, 0.5) is 0 Å². The number of Topliss-reactive ketones (excluding diaryl/α,β-unsaturated/α-hetero) is 2. The molecule has 0 aromatic rings. The van der Waals surface area contributed by atoms with E-state index in [4.69, 9.17) is 4.74 Å². The molecule has 5 nitrogen and oxygen atoms in total. The van der Waals surface area contributed by atoms with Gasteiger partial charge in [0.15, 0.2) is 5.78 Å². The topological polar surface area (TPSA) is 83.8 Å². The summed E-state index contributed by atoms with van der Waals surface area (Å²) in [6.45, 7) is 19.7.